The van der Waals surface area contributed by atoms with Crippen LogP contribution in [0.1, 0.15) is 0 Å². The van der Waals surface area contributed by atoms with E-state index in [9.17, 15) is 0 Å². The zero-order valence-corrected chi connectivity index (χ0v) is 18.2. The van der Waals surface area contributed by atoms with E-state index in [2.05, 4.69) is 0 Å². The van der Waals surface area contributed by atoms with Crippen molar-refractivity contribution in [1.29, 1.82) is 0 Å². The molecule has 0 aromatic heterocycles. The van der Waals surface area contributed by atoms with Crippen LogP contribution < -0.4 is 103 Å². The first-order valence-corrected chi connectivity index (χ1v) is 0. The van der Waals surface area contributed by atoms with E-state index in [1.807, 2.05) is 0 Å². The molecule has 0 saturated heterocycles. The van der Waals surface area contributed by atoms with Crippen LogP contribution in [0.5, 0.6) is 0 Å². The van der Waals surface area contributed by atoms with Crippen molar-refractivity contribution in [2.75, 3.05) is 0 Å². The normalized spacial score (nSPS) is 0. The van der Waals surface area contributed by atoms with E-state index in [1.54, 1.807) is 0 Å². The van der Waals surface area contributed by atoms with Gasteiger partial charge in [0.15, 0.2) is 0 Å². The Hall–Kier alpha value is 5.70. The van der Waals surface area contributed by atoms with Gasteiger partial charge in [-0.3, -0.25) is 0 Å². The molecule has 0 nitrogen and oxygen atoms in total. The second kappa shape index (κ2) is 68.0. The fraction of sp³-hybridized carbons (Fsp3) is 0. The van der Waals surface area contributed by atoms with E-state index < -0.39 is 0 Å². The number of hydrogen-bond acceptors (Lipinski definition) is 0. The van der Waals surface area contributed by atoms with Crippen LogP contribution in [0.25, 0.3) is 0 Å². The van der Waals surface area contributed by atoms with E-state index in [1.165, 1.54) is 0 Å². The molecule has 0 aliphatic heterocycles. The summed E-state index contributed by atoms with van der Waals surface area (Å²) < 4.78 is 0. The minimum Gasteiger partial charge on any atom is -0.147 e. The van der Waals surface area contributed by atoms with Gasteiger partial charge in [-0.1, -0.05) is 0 Å². The number of rotatable bonds is 0. The zero-order valence-electron chi connectivity index (χ0n) is 4.77. The third-order valence-electron chi connectivity index (χ3n) is 0. The molecule has 0 aromatic carbocycles. The minimum absolute atomic E-state index is 0. The van der Waals surface area contributed by atoms with Gasteiger partial charge in [0.1, 0.15) is 0 Å². The molecule has 58 valence electrons. The Morgan fingerprint density at radius 1 is 0.333 bits per heavy atom. The second-order valence-electron chi connectivity index (χ2n) is 0. The summed E-state index contributed by atoms with van der Waals surface area (Å²) >= 11 is 0. The standard InChI is InChI=1S/6ClH.2K.Pt/h6*1H;;;/q;;;;;;2*+1;. The Morgan fingerprint density at radius 2 is 0.333 bits per heavy atom. The van der Waals surface area contributed by atoms with Gasteiger partial charge in [-0.15, -0.1) is 74.4 Å². The van der Waals surface area contributed by atoms with Crippen molar-refractivity contribution in [3.05, 3.63) is 0 Å². The molecule has 0 spiro atoms. The molecule has 0 aliphatic carbocycles. The Labute approximate surface area is 193 Å². The molecule has 0 unspecified atom stereocenters. The predicted molar refractivity (Wildman–Crippen MR) is 43.5 cm³/mol. The van der Waals surface area contributed by atoms with Crippen LogP contribution in [-0.4, -0.2) is 0 Å². The smallest absolute Gasteiger partial charge is 0.147 e. The maximum atomic E-state index is 0. The van der Waals surface area contributed by atoms with Gasteiger partial charge in [-0.25, -0.2) is 0 Å². The van der Waals surface area contributed by atoms with Gasteiger partial charge in [0, 0.05) is 21.1 Å². The van der Waals surface area contributed by atoms with Crippen molar-refractivity contribution < 1.29 is 124 Å². The molecule has 0 aromatic rings. The van der Waals surface area contributed by atoms with Gasteiger partial charge < -0.3 is 0 Å². The molecule has 9 heteroatoms. The van der Waals surface area contributed by atoms with Crippen LogP contribution >= 0.6 is 74.4 Å². The van der Waals surface area contributed by atoms with E-state index in [-0.39, 0.29) is 198 Å². The van der Waals surface area contributed by atoms with E-state index in [0.717, 1.165) is 0 Å². The molecule has 9 heavy (non-hydrogen) atoms. The van der Waals surface area contributed by atoms with Crippen LogP contribution in [0.2, 0.25) is 0 Å². The van der Waals surface area contributed by atoms with Crippen molar-refractivity contribution in [2.24, 2.45) is 0 Å². The van der Waals surface area contributed by atoms with Gasteiger partial charge in [-0.05, 0) is 0 Å². The summed E-state index contributed by atoms with van der Waals surface area (Å²) in [5, 5.41) is 0. The molecule has 0 radical (unpaired) electrons. The molecule has 0 aliphatic rings. The van der Waals surface area contributed by atoms with Gasteiger partial charge in [0.05, 0.1) is 0 Å². The fourth-order valence-electron chi connectivity index (χ4n) is 0. The largest absolute Gasteiger partial charge is 1.00 e. The molecule has 0 heterocycles. The molecule has 0 fully saturated rings. The quantitative estimate of drug-likeness (QED) is 0.309. The van der Waals surface area contributed by atoms with Crippen LogP contribution in [0.4, 0.5) is 0 Å². The van der Waals surface area contributed by atoms with E-state index >= 15 is 0 Å². The van der Waals surface area contributed by atoms with Gasteiger partial charge >= 0.3 is 103 Å². The second-order valence-corrected chi connectivity index (χ2v) is 0. The summed E-state index contributed by atoms with van der Waals surface area (Å²) in [6.45, 7) is 0. The van der Waals surface area contributed by atoms with Crippen LogP contribution in [0.3, 0.4) is 0 Å². The van der Waals surface area contributed by atoms with E-state index in [4.69, 9.17) is 0 Å². The van der Waals surface area contributed by atoms with Gasteiger partial charge in [-0.2, -0.15) is 0 Å². The Morgan fingerprint density at radius 3 is 0.333 bits per heavy atom. The van der Waals surface area contributed by atoms with Crippen molar-refractivity contribution in [2.45, 2.75) is 0 Å². The molecular weight excluding hydrogens is 486 g/mol. The third-order valence-corrected chi connectivity index (χ3v) is 0. The maximum absolute atomic E-state index is 0. The summed E-state index contributed by atoms with van der Waals surface area (Å²) in [7, 11) is 0. The third kappa shape index (κ3) is 57.7. The molecule has 0 atom stereocenters. The first-order valence-electron chi connectivity index (χ1n) is 0. The monoisotopic (exact) mass is 489 g/mol. The van der Waals surface area contributed by atoms with Gasteiger partial charge in [0.25, 0.3) is 0 Å². The Balaban J connectivity index is 0. The van der Waals surface area contributed by atoms with Crippen molar-refractivity contribution >= 4 is 74.4 Å². The van der Waals surface area contributed by atoms with Crippen LogP contribution in [0.15, 0.2) is 0 Å². The topological polar surface area (TPSA) is 0 Å². The summed E-state index contributed by atoms with van der Waals surface area (Å²) in [5.41, 5.74) is 0. The van der Waals surface area contributed by atoms with Crippen molar-refractivity contribution in [3.8, 4) is 0 Å². The molecule has 0 rings (SSSR count). The summed E-state index contributed by atoms with van der Waals surface area (Å²) in [6.07, 6.45) is 0. The SMILES string of the molecule is Cl.Cl.Cl.Cl.Cl.Cl.[K+].[K+].[Pt]. The average molecular weight is 492 g/mol. The van der Waals surface area contributed by atoms with E-state index in [0.29, 0.717) is 0 Å². The first-order chi connectivity index (χ1) is 0. The fourth-order valence-corrected chi connectivity index (χ4v) is 0. The molecule has 0 bridgehead atoms. The number of hydrogen-bond donors (Lipinski definition) is 0. The van der Waals surface area contributed by atoms with Crippen molar-refractivity contribution in [3.63, 3.8) is 0 Å². The molecular formula is H6Cl6K2Pt+2. The summed E-state index contributed by atoms with van der Waals surface area (Å²) in [6, 6.07) is 0. The zero-order chi connectivity index (χ0) is 0. The van der Waals surface area contributed by atoms with Gasteiger partial charge in [0.2, 0.25) is 0 Å². The summed E-state index contributed by atoms with van der Waals surface area (Å²) in [4.78, 5) is 0. The predicted octanol–water partition coefficient (Wildman–Crippen LogP) is -3.46. The Bertz CT molecular complexity index is 11.0. The first kappa shape index (κ1) is 84.9. The molecule has 0 N–H and O–H groups in total. The Kier molecular flexibility index (Phi) is 642. The minimum atomic E-state index is 0. The molecule has 0 amide bonds. The van der Waals surface area contributed by atoms with Crippen LogP contribution in [0, 0.1) is 0 Å². The summed E-state index contributed by atoms with van der Waals surface area (Å²) in [5.74, 6) is 0. The molecule has 0 saturated carbocycles. The maximum Gasteiger partial charge on any atom is 1.00 e. The van der Waals surface area contributed by atoms with Crippen LogP contribution in [-0.2, 0) is 21.1 Å². The average Bonchev–Trinajstić information content (AvgIpc) is 0. The van der Waals surface area contributed by atoms with Crippen molar-refractivity contribution in [1.82, 2.24) is 0 Å². The number of halogens is 6.